The van der Waals surface area contributed by atoms with Crippen molar-refractivity contribution in [2.24, 2.45) is 0 Å². The molecule has 0 saturated carbocycles. The lowest BCUT2D eigenvalue weighted by Crippen LogP contribution is -1.75. The lowest BCUT2D eigenvalue weighted by molar-refractivity contribution is 0.457. The summed E-state index contributed by atoms with van der Waals surface area (Å²) in [6.45, 7) is 0. The smallest absolute Gasteiger partial charge is 0.171 e. The summed E-state index contributed by atoms with van der Waals surface area (Å²) in [6, 6.07) is 1.48. The predicted octanol–water partition coefficient (Wildman–Crippen LogP) is 2.00. The maximum Gasteiger partial charge on any atom is 0.171 e. The van der Waals surface area contributed by atoms with Crippen molar-refractivity contribution in [1.82, 2.24) is 4.98 Å². The van der Waals surface area contributed by atoms with Crippen LogP contribution in [0.1, 0.15) is 0 Å². The maximum atomic E-state index is 8.91. The molecule has 2 nitrogen and oxygen atoms in total. The topological polar surface area (TPSA) is 33.1 Å². The van der Waals surface area contributed by atoms with E-state index in [1.165, 1.54) is 12.3 Å². The van der Waals surface area contributed by atoms with Crippen LogP contribution < -0.4 is 0 Å². The summed E-state index contributed by atoms with van der Waals surface area (Å²) < 4.78 is 0. The number of rotatable bonds is 0. The number of nitrogens with zero attached hydrogens (tertiary/aromatic N) is 1. The van der Waals surface area contributed by atoms with Crippen molar-refractivity contribution >= 4 is 24.2 Å². The van der Waals surface area contributed by atoms with Crippen LogP contribution in [-0.2, 0) is 0 Å². The predicted molar refractivity (Wildman–Crippen MR) is 36.8 cm³/mol. The minimum atomic E-state index is -0.117. The van der Waals surface area contributed by atoms with E-state index in [2.05, 4.69) is 17.6 Å². The van der Waals surface area contributed by atoms with E-state index in [9.17, 15) is 0 Å². The highest BCUT2D eigenvalue weighted by Gasteiger charge is 2.01. The van der Waals surface area contributed by atoms with E-state index in [-0.39, 0.29) is 15.8 Å². The van der Waals surface area contributed by atoms with Gasteiger partial charge in [-0.15, -0.1) is 0 Å². The molecule has 0 aromatic carbocycles. The highest BCUT2D eigenvalue weighted by atomic mass is 35.5. The SMILES string of the molecule is Oc1c(Cl)ccnc1[S]. The molecule has 0 amide bonds. The van der Waals surface area contributed by atoms with E-state index < -0.39 is 0 Å². The van der Waals surface area contributed by atoms with Gasteiger partial charge in [0.2, 0.25) is 0 Å². The molecule has 1 rings (SSSR count). The van der Waals surface area contributed by atoms with Crippen molar-refractivity contribution in [1.29, 1.82) is 0 Å². The molecule has 9 heavy (non-hydrogen) atoms. The van der Waals surface area contributed by atoms with Crippen molar-refractivity contribution < 1.29 is 5.11 Å². The Morgan fingerprint density at radius 2 is 2.33 bits per heavy atom. The van der Waals surface area contributed by atoms with E-state index in [0.29, 0.717) is 0 Å². The summed E-state index contributed by atoms with van der Waals surface area (Å²) >= 11 is 10.1. The van der Waals surface area contributed by atoms with Gasteiger partial charge in [-0.3, -0.25) is 0 Å². The Hall–Kier alpha value is -0.540. The average molecular weight is 161 g/mol. The van der Waals surface area contributed by atoms with Gasteiger partial charge in [0.25, 0.3) is 0 Å². The first-order valence-corrected chi connectivity index (χ1v) is 3.01. The monoisotopic (exact) mass is 160 g/mol. The first kappa shape index (κ1) is 6.58. The van der Waals surface area contributed by atoms with E-state index in [1.807, 2.05) is 0 Å². The Balaban J connectivity index is 3.25. The second-order valence-corrected chi connectivity index (χ2v) is 2.24. The fourth-order valence-corrected chi connectivity index (χ4v) is 0.785. The Bertz CT molecular complexity index is 208. The lowest BCUT2D eigenvalue weighted by Gasteiger charge is -1.94. The molecule has 0 spiro atoms. The minimum absolute atomic E-state index is 0.117. The van der Waals surface area contributed by atoms with Crippen LogP contribution in [0.5, 0.6) is 5.75 Å². The number of hydrogen-bond acceptors (Lipinski definition) is 2. The van der Waals surface area contributed by atoms with Crippen LogP contribution in [0.2, 0.25) is 5.02 Å². The van der Waals surface area contributed by atoms with Gasteiger partial charge in [0.05, 0.1) is 5.02 Å². The average Bonchev–Trinajstić information content (AvgIpc) is 1.83. The molecule has 0 saturated heterocycles. The van der Waals surface area contributed by atoms with E-state index in [0.717, 1.165) is 0 Å². The minimum Gasteiger partial charge on any atom is -0.504 e. The molecule has 0 atom stereocenters. The van der Waals surface area contributed by atoms with Crippen LogP contribution in [0.25, 0.3) is 0 Å². The molecule has 0 unspecified atom stereocenters. The molecule has 4 heteroatoms. The quantitative estimate of drug-likeness (QED) is 0.630. The Labute approximate surface area is 62.9 Å². The molecule has 1 N–H and O–H groups in total. The van der Waals surface area contributed by atoms with E-state index in [1.54, 1.807) is 0 Å². The second kappa shape index (κ2) is 2.37. The van der Waals surface area contributed by atoms with Gasteiger partial charge >= 0.3 is 0 Å². The van der Waals surface area contributed by atoms with Crippen molar-refractivity contribution in [2.45, 2.75) is 5.03 Å². The third kappa shape index (κ3) is 1.23. The number of halogens is 1. The summed E-state index contributed by atoms with van der Waals surface area (Å²) in [6.07, 6.45) is 1.45. The van der Waals surface area contributed by atoms with Gasteiger partial charge in [-0.2, -0.15) is 0 Å². The Kier molecular flexibility index (Phi) is 1.73. The first-order valence-electron chi connectivity index (χ1n) is 2.22. The molecule has 0 aliphatic rings. The lowest BCUT2D eigenvalue weighted by atomic mass is 10.5. The zero-order valence-corrected chi connectivity index (χ0v) is 5.91. The fourth-order valence-electron chi connectivity index (χ4n) is 0.413. The fraction of sp³-hybridized carbons (Fsp3) is 0. The highest BCUT2D eigenvalue weighted by Crippen LogP contribution is 2.26. The molecule has 1 aromatic heterocycles. The standard InChI is InChI=1S/C5H3ClNOS/c6-3-1-2-7-5(9)4(3)8/h1-2,8H. The third-order valence-electron chi connectivity index (χ3n) is 0.841. The molecular weight excluding hydrogens is 158 g/mol. The Morgan fingerprint density at radius 1 is 1.67 bits per heavy atom. The summed E-state index contributed by atoms with van der Waals surface area (Å²) in [7, 11) is 0. The maximum absolute atomic E-state index is 8.91. The summed E-state index contributed by atoms with van der Waals surface area (Å²) in [5, 5.41) is 9.29. The molecular formula is C5H3ClNOS. The molecule has 0 bridgehead atoms. The molecule has 1 radical (unpaired) electrons. The Morgan fingerprint density at radius 3 is 2.78 bits per heavy atom. The summed E-state index contributed by atoms with van der Waals surface area (Å²) in [5.74, 6) is -0.117. The van der Waals surface area contributed by atoms with Crippen LogP contribution in [0.15, 0.2) is 17.3 Å². The van der Waals surface area contributed by atoms with Gasteiger partial charge in [0, 0.05) is 6.20 Å². The van der Waals surface area contributed by atoms with Crippen molar-refractivity contribution in [2.75, 3.05) is 0 Å². The van der Waals surface area contributed by atoms with Crippen LogP contribution in [0.4, 0.5) is 0 Å². The summed E-state index contributed by atoms with van der Waals surface area (Å²) in [5.41, 5.74) is 0. The normalized spacial score (nSPS) is 9.44. The van der Waals surface area contributed by atoms with E-state index in [4.69, 9.17) is 16.7 Å². The van der Waals surface area contributed by atoms with Gasteiger partial charge in [-0.1, -0.05) is 24.2 Å². The van der Waals surface area contributed by atoms with Gasteiger partial charge in [0.15, 0.2) is 10.8 Å². The van der Waals surface area contributed by atoms with Crippen LogP contribution >= 0.6 is 24.2 Å². The molecule has 1 heterocycles. The molecule has 1 aromatic rings. The van der Waals surface area contributed by atoms with E-state index >= 15 is 0 Å². The zero-order valence-electron chi connectivity index (χ0n) is 4.34. The van der Waals surface area contributed by atoms with Gasteiger partial charge in [0.1, 0.15) is 0 Å². The highest BCUT2D eigenvalue weighted by molar-refractivity contribution is 7.80. The van der Waals surface area contributed by atoms with Gasteiger partial charge in [-0.25, -0.2) is 4.98 Å². The van der Waals surface area contributed by atoms with Crippen LogP contribution in [0.3, 0.4) is 0 Å². The van der Waals surface area contributed by atoms with Gasteiger partial charge in [-0.05, 0) is 6.07 Å². The molecule has 47 valence electrons. The number of aromatic nitrogens is 1. The zero-order chi connectivity index (χ0) is 6.85. The first-order chi connectivity index (χ1) is 4.22. The van der Waals surface area contributed by atoms with Crippen molar-refractivity contribution in [3.05, 3.63) is 17.3 Å². The van der Waals surface area contributed by atoms with Gasteiger partial charge < -0.3 is 5.11 Å². The number of pyridine rings is 1. The second-order valence-electron chi connectivity index (χ2n) is 1.45. The number of hydrogen-bond donors (Lipinski definition) is 1. The molecule has 0 fully saturated rings. The van der Waals surface area contributed by atoms with Crippen LogP contribution in [-0.4, -0.2) is 10.1 Å². The largest absolute Gasteiger partial charge is 0.504 e. The van der Waals surface area contributed by atoms with Crippen LogP contribution in [0, 0.1) is 0 Å². The molecule has 0 aliphatic carbocycles. The third-order valence-corrected chi connectivity index (χ3v) is 1.45. The van der Waals surface area contributed by atoms with Crippen molar-refractivity contribution in [3.8, 4) is 5.75 Å². The van der Waals surface area contributed by atoms with Crippen molar-refractivity contribution in [3.63, 3.8) is 0 Å². The molecule has 0 aliphatic heterocycles. The number of aromatic hydroxyl groups is 1. The summed E-state index contributed by atoms with van der Waals surface area (Å²) in [4.78, 5) is 3.62.